The number of piperidine rings is 1. The summed E-state index contributed by atoms with van der Waals surface area (Å²) in [6, 6.07) is 3.65. The van der Waals surface area contributed by atoms with Gasteiger partial charge in [-0.2, -0.15) is 0 Å². The Bertz CT molecular complexity index is 580. The van der Waals surface area contributed by atoms with Gasteiger partial charge in [0.1, 0.15) is 0 Å². The first kappa shape index (κ1) is 17.2. The molecule has 1 fully saturated rings. The van der Waals surface area contributed by atoms with Gasteiger partial charge in [-0.1, -0.05) is 13.3 Å². The quantitative estimate of drug-likeness (QED) is 0.496. The number of nitro groups is 1. The molecule has 1 aromatic carbocycles. The van der Waals surface area contributed by atoms with E-state index in [-0.39, 0.29) is 17.5 Å². The van der Waals surface area contributed by atoms with Crippen molar-refractivity contribution in [3.63, 3.8) is 0 Å². The number of nitro benzene ring substituents is 1. The summed E-state index contributed by atoms with van der Waals surface area (Å²) in [4.78, 5) is 24.0. The zero-order valence-electron chi connectivity index (χ0n) is 13.3. The molecule has 1 unspecified atom stereocenters. The van der Waals surface area contributed by atoms with E-state index in [1.807, 2.05) is 0 Å². The van der Waals surface area contributed by atoms with Crippen molar-refractivity contribution >= 4 is 17.3 Å². The average molecular weight is 323 g/mol. The molecule has 6 nitrogen and oxygen atoms in total. The fourth-order valence-corrected chi connectivity index (χ4v) is 2.81. The van der Waals surface area contributed by atoms with Crippen molar-refractivity contribution in [2.75, 3.05) is 24.5 Å². The van der Waals surface area contributed by atoms with Crippen molar-refractivity contribution in [2.45, 2.75) is 32.6 Å². The second-order valence-corrected chi connectivity index (χ2v) is 5.82. The van der Waals surface area contributed by atoms with Crippen LogP contribution in [-0.4, -0.2) is 30.5 Å². The lowest BCUT2D eigenvalue weighted by atomic mass is 9.96. The van der Waals surface area contributed by atoms with Crippen LogP contribution in [0.5, 0.6) is 0 Å². The normalized spacial score (nSPS) is 17.8. The number of anilines is 1. The number of carbonyl (C=O) groups is 1. The lowest BCUT2D eigenvalue weighted by molar-refractivity contribution is -0.385. The first-order valence-corrected chi connectivity index (χ1v) is 7.99. The van der Waals surface area contributed by atoms with Gasteiger partial charge in [0.15, 0.2) is 5.82 Å². The molecule has 126 valence electrons. The summed E-state index contributed by atoms with van der Waals surface area (Å²) in [5.41, 5.74) is 0.0544. The summed E-state index contributed by atoms with van der Waals surface area (Å²) >= 11 is 0. The van der Waals surface area contributed by atoms with Gasteiger partial charge in [-0.3, -0.25) is 14.9 Å². The molecule has 1 atom stereocenters. The molecule has 1 aromatic rings. The van der Waals surface area contributed by atoms with Gasteiger partial charge in [-0.25, -0.2) is 4.39 Å². The molecule has 0 bridgehead atoms. The highest BCUT2D eigenvalue weighted by molar-refractivity contribution is 5.79. The molecule has 7 heteroatoms. The molecular formula is C16H22FN3O3. The molecule has 0 saturated carbocycles. The Morgan fingerprint density at radius 1 is 1.52 bits per heavy atom. The smallest absolute Gasteiger partial charge is 0.272 e. The Kier molecular flexibility index (Phi) is 5.90. The zero-order valence-corrected chi connectivity index (χ0v) is 13.3. The van der Waals surface area contributed by atoms with E-state index in [2.05, 4.69) is 12.2 Å². The van der Waals surface area contributed by atoms with E-state index in [0.29, 0.717) is 25.3 Å². The zero-order chi connectivity index (χ0) is 16.8. The van der Waals surface area contributed by atoms with E-state index < -0.39 is 10.7 Å². The minimum Gasteiger partial charge on any atom is -0.368 e. The van der Waals surface area contributed by atoms with Crippen molar-refractivity contribution in [1.82, 2.24) is 5.32 Å². The van der Waals surface area contributed by atoms with E-state index in [9.17, 15) is 19.3 Å². The van der Waals surface area contributed by atoms with Crippen molar-refractivity contribution in [3.8, 4) is 0 Å². The van der Waals surface area contributed by atoms with Crippen molar-refractivity contribution in [1.29, 1.82) is 0 Å². The largest absolute Gasteiger partial charge is 0.368 e. The Balaban J connectivity index is 2.03. The van der Waals surface area contributed by atoms with E-state index in [4.69, 9.17) is 0 Å². The second-order valence-electron chi connectivity index (χ2n) is 5.82. The van der Waals surface area contributed by atoms with E-state index in [1.54, 1.807) is 4.90 Å². The van der Waals surface area contributed by atoms with Crippen molar-refractivity contribution in [3.05, 3.63) is 34.1 Å². The van der Waals surface area contributed by atoms with Gasteiger partial charge in [-0.05, 0) is 25.3 Å². The SMILES string of the molecule is CCCCNC(=O)C1CCCN(c2ccc([N+](=O)[O-])cc2F)C1. The van der Waals surface area contributed by atoms with Gasteiger partial charge in [0.05, 0.1) is 22.6 Å². The van der Waals surface area contributed by atoms with Crippen LogP contribution in [0.4, 0.5) is 15.8 Å². The minimum atomic E-state index is -0.619. The highest BCUT2D eigenvalue weighted by Crippen LogP contribution is 2.28. The molecule has 23 heavy (non-hydrogen) atoms. The monoisotopic (exact) mass is 323 g/mol. The van der Waals surface area contributed by atoms with Gasteiger partial charge < -0.3 is 10.2 Å². The predicted octanol–water partition coefficient (Wildman–Crippen LogP) is 2.87. The Morgan fingerprint density at radius 2 is 2.30 bits per heavy atom. The van der Waals surface area contributed by atoms with Gasteiger partial charge >= 0.3 is 0 Å². The molecule has 0 aromatic heterocycles. The van der Waals surface area contributed by atoms with Gasteiger partial charge in [-0.15, -0.1) is 0 Å². The summed E-state index contributed by atoms with van der Waals surface area (Å²) in [7, 11) is 0. The van der Waals surface area contributed by atoms with Crippen LogP contribution in [0.15, 0.2) is 18.2 Å². The number of non-ortho nitro benzene ring substituents is 1. The van der Waals surface area contributed by atoms with Gasteiger partial charge in [0, 0.05) is 25.7 Å². The number of nitrogens with one attached hydrogen (secondary N) is 1. The maximum atomic E-state index is 14.1. The van der Waals surface area contributed by atoms with Crippen molar-refractivity contribution < 1.29 is 14.1 Å². The van der Waals surface area contributed by atoms with E-state index in [0.717, 1.165) is 31.7 Å². The third kappa shape index (κ3) is 4.40. The lowest BCUT2D eigenvalue weighted by Crippen LogP contribution is -2.43. The third-order valence-electron chi connectivity index (χ3n) is 4.10. The highest BCUT2D eigenvalue weighted by Gasteiger charge is 2.27. The summed E-state index contributed by atoms with van der Waals surface area (Å²) in [5.74, 6) is -0.785. The van der Waals surface area contributed by atoms with Gasteiger partial charge in [0.2, 0.25) is 5.91 Å². The van der Waals surface area contributed by atoms with Crippen molar-refractivity contribution in [2.24, 2.45) is 5.92 Å². The molecule has 1 N–H and O–H groups in total. The second kappa shape index (κ2) is 7.89. The van der Waals surface area contributed by atoms with Crippen LogP contribution in [0, 0.1) is 21.8 Å². The number of halogens is 1. The van der Waals surface area contributed by atoms with Crippen LogP contribution < -0.4 is 10.2 Å². The van der Waals surface area contributed by atoms with Crippen LogP contribution >= 0.6 is 0 Å². The fourth-order valence-electron chi connectivity index (χ4n) is 2.81. The molecule has 2 rings (SSSR count). The fraction of sp³-hybridized carbons (Fsp3) is 0.562. The van der Waals surface area contributed by atoms with Crippen LogP contribution in [0.1, 0.15) is 32.6 Å². The Hall–Kier alpha value is -2.18. The molecule has 1 amide bonds. The number of amides is 1. The Labute approximate surface area is 134 Å². The number of nitrogens with zero attached hydrogens (tertiary/aromatic N) is 2. The number of unbranched alkanes of at least 4 members (excludes halogenated alkanes) is 1. The number of hydrogen-bond acceptors (Lipinski definition) is 4. The topological polar surface area (TPSA) is 75.5 Å². The number of benzene rings is 1. The maximum absolute atomic E-state index is 14.1. The average Bonchev–Trinajstić information content (AvgIpc) is 2.55. The number of hydrogen-bond donors (Lipinski definition) is 1. The van der Waals surface area contributed by atoms with Crippen LogP contribution in [0.3, 0.4) is 0 Å². The standard InChI is InChI=1S/C16H22FN3O3/c1-2-3-8-18-16(21)12-5-4-9-19(11-12)15-7-6-13(20(22)23)10-14(15)17/h6-7,10,12H,2-5,8-9,11H2,1H3,(H,18,21). The number of rotatable bonds is 6. The highest BCUT2D eigenvalue weighted by atomic mass is 19.1. The molecule has 0 aliphatic carbocycles. The summed E-state index contributed by atoms with van der Waals surface area (Å²) in [6.07, 6.45) is 3.54. The maximum Gasteiger partial charge on any atom is 0.272 e. The van der Waals surface area contributed by atoms with Gasteiger partial charge in [0.25, 0.3) is 5.69 Å². The third-order valence-corrected chi connectivity index (χ3v) is 4.10. The molecule has 1 aliphatic rings. The molecule has 0 spiro atoms. The molecule has 1 saturated heterocycles. The molecule has 1 heterocycles. The molecule has 1 aliphatic heterocycles. The van der Waals surface area contributed by atoms with Crippen LogP contribution in [0.25, 0.3) is 0 Å². The Morgan fingerprint density at radius 3 is 2.96 bits per heavy atom. The van der Waals surface area contributed by atoms with Crippen LogP contribution in [0.2, 0.25) is 0 Å². The summed E-state index contributed by atoms with van der Waals surface area (Å²) in [5, 5.41) is 13.6. The predicted molar refractivity (Wildman–Crippen MR) is 85.9 cm³/mol. The molecular weight excluding hydrogens is 301 g/mol. The summed E-state index contributed by atoms with van der Waals surface area (Å²) < 4.78 is 14.1. The van der Waals surface area contributed by atoms with E-state index in [1.165, 1.54) is 12.1 Å². The first-order valence-electron chi connectivity index (χ1n) is 7.99. The lowest BCUT2D eigenvalue weighted by Gasteiger charge is -2.33. The number of carbonyl (C=O) groups excluding carboxylic acids is 1. The van der Waals surface area contributed by atoms with Crippen LogP contribution in [-0.2, 0) is 4.79 Å². The van der Waals surface area contributed by atoms with E-state index >= 15 is 0 Å². The first-order chi connectivity index (χ1) is 11.0. The molecule has 0 radical (unpaired) electrons. The minimum absolute atomic E-state index is 0.00506. The summed E-state index contributed by atoms with van der Waals surface area (Å²) in [6.45, 7) is 3.81.